The molecule has 0 aliphatic heterocycles. The molecule has 0 bridgehead atoms. The van der Waals surface area contributed by atoms with Crippen LogP contribution in [0.25, 0.3) is 11.3 Å². The summed E-state index contributed by atoms with van der Waals surface area (Å²) in [5, 5.41) is 3.76. The Morgan fingerprint density at radius 3 is 2.78 bits per heavy atom. The third kappa shape index (κ3) is 3.85. The zero-order valence-electron chi connectivity index (χ0n) is 12.6. The average molecular weight is 328 g/mol. The molecular weight excluding hydrogens is 313 g/mol. The van der Waals surface area contributed by atoms with Gasteiger partial charge in [-0.1, -0.05) is 29.8 Å². The van der Waals surface area contributed by atoms with Gasteiger partial charge in [-0.2, -0.15) is 0 Å². The number of halogens is 2. The molecule has 0 saturated carbocycles. The van der Waals surface area contributed by atoms with E-state index in [1.54, 1.807) is 12.3 Å². The molecule has 3 aromatic rings. The minimum absolute atomic E-state index is 0.245. The molecule has 116 valence electrons. The summed E-state index contributed by atoms with van der Waals surface area (Å²) in [4.78, 5) is 8.73. The van der Waals surface area contributed by atoms with Crippen molar-refractivity contribution >= 4 is 17.4 Å². The van der Waals surface area contributed by atoms with Crippen molar-refractivity contribution in [2.24, 2.45) is 0 Å². The molecule has 0 aliphatic carbocycles. The SMILES string of the molecule is Cc1cc(-c2cccc(NCc3cccc(F)c3)n2)c(Cl)cn1. The van der Waals surface area contributed by atoms with E-state index in [0.717, 1.165) is 22.5 Å². The minimum atomic E-state index is -0.245. The van der Waals surface area contributed by atoms with Crippen molar-refractivity contribution in [2.45, 2.75) is 13.5 Å². The Labute approximate surface area is 139 Å². The maximum atomic E-state index is 13.2. The first-order chi connectivity index (χ1) is 11.1. The molecule has 3 nitrogen and oxygen atoms in total. The van der Waals surface area contributed by atoms with E-state index < -0.39 is 0 Å². The Bertz CT molecular complexity index is 836. The molecule has 23 heavy (non-hydrogen) atoms. The summed E-state index contributed by atoms with van der Waals surface area (Å²) >= 11 is 6.21. The Morgan fingerprint density at radius 1 is 1.13 bits per heavy atom. The summed E-state index contributed by atoms with van der Waals surface area (Å²) in [7, 11) is 0. The topological polar surface area (TPSA) is 37.8 Å². The van der Waals surface area contributed by atoms with Gasteiger partial charge in [-0.15, -0.1) is 0 Å². The fourth-order valence-corrected chi connectivity index (χ4v) is 2.46. The van der Waals surface area contributed by atoms with E-state index in [0.29, 0.717) is 17.4 Å². The summed E-state index contributed by atoms with van der Waals surface area (Å²) in [6.07, 6.45) is 1.63. The van der Waals surface area contributed by atoms with Crippen molar-refractivity contribution < 1.29 is 4.39 Å². The van der Waals surface area contributed by atoms with Crippen LogP contribution in [-0.2, 0) is 6.54 Å². The smallest absolute Gasteiger partial charge is 0.126 e. The number of benzene rings is 1. The van der Waals surface area contributed by atoms with Crippen molar-refractivity contribution in [3.05, 3.63) is 76.8 Å². The van der Waals surface area contributed by atoms with Gasteiger partial charge >= 0.3 is 0 Å². The van der Waals surface area contributed by atoms with Crippen LogP contribution in [0.1, 0.15) is 11.3 Å². The lowest BCUT2D eigenvalue weighted by Crippen LogP contribution is -2.02. The van der Waals surface area contributed by atoms with Crippen LogP contribution in [0.5, 0.6) is 0 Å². The number of nitrogens with one attached hydrogen (secondary N) is 1. The van der Waals surface area contributed by atoms with Gasteiger partial charge in [0.1, 0.15) is 11.6 Å². The molecule has 0 atom stereocenters. The Hall–Kier alpha value is -2.46. The van der Waals surface area contributed by atoms with E-state index in [9.17, 15) is 4.39 Å². The second kappa shape index (κ2) is 6.75. The van der Waals surface area contributed by atoms with Crippen molar-refractivity contribution in [1.82, 2.24) is 9.97 Å². The largest absolute Gasteiger partial charge is 0.366 e. The standard InChI is InChI=1S/C18H15ClFN3/c1-12-8-15(16(19)11-21-12)17-6-3-7-18(23-17)22-10-13-4-2-5-14(20)9-13/h2-9,11H,10H2,1H3,(H,22,23). The van der Waals surface area contributed by atoms with Gasteiger partial charge in [-0.25, -0.2) is 9.37 Å². The van der Waals surface area contributed by atoms with Crippen LogP contribution >= 0.6 is 11.6 Å². The minimum Gasteiger partial charge on any atom is -0.366 e. The van der Waals surface area contributed by atoms with Gasteiger partial charge in [-0.05, 0) is 42.8 Å². The number of nitrogens with zero attached hydrogens (tertiary/aromatic N) is 2. The Balaban J connectivity index is 1.81. The van der Waals surface area contributed by atoms with Gasteiger partial charge in [-0.3, -0.25) is 4.98 Å². The van der Waals surface area contributed by atoms with Crippen molar-refractivity contribution in [3.8, 4) is 11.3 Å². The van der Waals surface area contributed by atoms with E-state index in [2.05, 4.69) is 15.3 Å². The summed E-state index contributed by atoms with van der Waals surface area (Å²) in [6, 6.07) is 14.1. The van der Waals surface area contributed by atoms with Crippen molar-refractivity contribution in [1.29, 1.82) is 0 Å². The number of hydrogen-bond acceptors (Lipinski definition) is 3. The maximum absolute atomic E-state index is 13.2. The van der Waals surface area contributed by atoms with Crippen LogP contribution in [0.4, 0.5) is 10.2 Å². The molecule has 0 saturated heterocycles. The highest BCUT2D eigenvalue weighted by Crippen LogP contribution is 2.27. The summed E-state index contributed by atoms with van der Waals surface area (Å²) in [5.41, 5.74) is 3.35. The first-order valence-corrected chi connectivity index (χ1v) is 7.57. The first kappa shape index (κ1) is 15.4. The highest BCUT2D eigenvalue weighted by atomic mass is 35.5. The van der Waals surface area contributed by atoms with E-state index in [4.69, 9.17) is 11.6 Å². The number of rotatable bonds is 4. The first-order valence-electron chi connectivity index (χ1n) is 7.20. The van der Waals surface area contributed by atoms with E-state index in [-0.39, 0.29) is 5.82 Å². The molecule has 2 aromatic heterocycles. The fourth-order valence-electron chi connectivity index (χ4n) is 2.26. The normalized spacial score (nSPS) is 10.6. The molecular formula is C18H15ClFN3. The van der Waals surface area contributed by atoms with Gasteiger partial charge in [0.05, 0.1) is 10.7 Å². The molecule has 0 radical (unpaired) electrons. The second-order valence-corrected chi connectivity index (χ2v) is 5.60. The van der Waals surface area contributed by atoms with Crippen LogP contribution in [0.15, 0.2) is 54.7 Å². The van der Waals surface area contributed by atoms with Gasteiger partial charge in [0, 0.05) is 24.0 Å². The Morgan fingerprint density at radius 2 is 1.96 bits per heavy atom. The van der Waals surface area contributed by atoms with Crippen LogP contribution in [-0.4, -0.2) is 9.97 Å². The number of aromatic nitrogens is 2. The monoisotopic (exact) mass is 327 g/mol. The zero-order valence-corrected chi connectivity index (χ0v) is 13.3. The number of hydrogen-bond donors (Lipinski definition) is 1. The molecule has 1 N–H and O–H groups in total. The quantitative estimate of drug-likeness (QED) is 0.744. The lowest BCUT2D eigenvalue weighted by molar-refractivity contribution is 0.626. The fraction of sp³-hybridized carbons (Fsp3) is 0.111. The predicted octanol–water partition coefficient (Wildman–Crippen LogP) is 4.86. The number of aryl methyl sites for hydroxylation is 1. The molecule has 0 unspecified atom stereocenters. The lowest BCUT2D eigenvalue weighted by atomic mass is 10.1. The van der Waals surface area contributed by atoms with Crippen LogP contribution in [0.3, 0.4) is 0 Å². The molecule has 0 amide bonds. The average Bonchev–Trinajstić information content (AvgIpc) is 2.55. The predicted molar refractivity (Wildman–Crippen MR) is 90.9 cm³/mol. The molecule has 0 aliphatic rings. The summed E-state index contributed by atoms with van der Waals surface area (Å²) in [5.74, 6) is 0.461. The van der Waals surface area contributed by atoms with Crippen LogP contribution in [0.2, 0.25) is 5.02 Å². The van der Waals surface area contributed by atoms with E-state index in [1.807, 2.05) is 37.3 Å². The third-order valence-corrected chi connectivity index (χ3v) is 3.68. The Kier molecular flexibility index (Phi) is 4.53. The van der Waals surface area contributed by atoms with Gasteiger partial charge in [0.2, 0.25) is 0 Å². The molecule has 0 spiro atoms. The third-order valence-electron chi connectivity index (χ3n) is 3.38. The molecule has 1 aromatic carbocycles. The second-order valence-electron chi connectivity index (χ2n) is 5.20. The van der Waals surface area contributed by atoms with E-state index in [1.165, 1.54) is 12.1 Å². The molecule has 2 heterocycles. The summed E-state index contributed by atoms with van der Waals surface area (Å²) < 4.78 is 13.2. The van der Waals surface area contributed by atoms with Gasteiger partial charge in [0.15, 0.2) is 0 Å². The number of anilines is 1. The van der Waals surface area contributed by atoms with Crippen molar-refractivity contribution in [3.63, 3.8) is 0 Å². The van der Waals surface area contributed by atoms with Crippen LogP contribution < -0.4 is 5.32 Å². The highest BCUT2D eigenvalue weighted by Gasteiger charge is 2.07. The molecule has 5 heteroatoms. The van der Waals surface area contributed by atoms with Crippen molar-refractivity contribution in [2.75, 3.05) is 5.32 Å². The maximum Gasteiger partial charge on any atom is 0.126 e. The summed E-state index contributed by atoms with van der Waals surface area (Å²) in [6.45, 7) is 2.41. The van der Waals surface area contributed by atoms with Gasteiger partial charge < -0.3 is 5.32 Å². The van der Waals surface area contributed by atoms with Gasteiger partial charge in [0.25, 0.3) is 0 Å². The van der Waals surface area contributed by atoms with Crippen LogP contribution in [0, 0.1) is 12.7 Å². The molecule has 3 rings (SSSR count). The lowest BCUT2D eigenvalue weighted by Gasteiger charge is -2.09. The zero-order chi connectivity index (χ0) is 16.2. The molecule has 0 fully saturated rings. The number of pyridine rings is 2. The highest BCUT2D eigenvalue weighted by molar-refractivity contribution is 6.33. The van der Waals surface area contributed by atoms with E-state index >= 15 is 0 Å².